The fourth-order valence-corrected chi connectivity index (χ4v) is 0.800. The van der Waals surface area contributed by atoms with Gasteiger partial charge >= 0.3 is 18.4 Å². The number of hydrogen-bond acceptors (Lipinski definition) is 0. The second-order valence-electron chi connectivity index (χ2n) is 6.10. The lowest BCUT2D eigenvalue weighted by molar-refractivity contribution is -0.0706. The van der Waals surface area contributed by atoms with Crippen molar-refractivity contribution in [1.29, 1.82) is 0 Å². The standard InChI is InChI=1S/2C8H7F3.C8H6F2.F2.2FH/c2*1-7(2)5-3-4-6-8(9,10)11;1-7(2)5-3-4-6-8(9)10;1-2;;/h2*7H,1-2H3;1-2H3;;2*1H. The van der Waals surface area contributed by atoms with Gasteiger partial charge in [-0.2, -0.15) is 35.1 Å². The quantitative estimate of drug-likeness (QED) is 0.165. The maximum atomic E-state index is 11.3. The molecule has 0 radical (unpaired) electrons. The maximum Gasteiger partial charge on any atom is 0.458 e. The summed E-state index contributed by atoms with van der Waals surface area (Å²) >= 11 is 0. The van der Waals surface area contributed by atoms with E-state index in [4.69, 9.17) is 9.15 Å². The number of hydrogen-bond donors (Lipinski definition) is 0. The molecule has 0 heterocycles. The molecule has 0 rings (SSSR count). The van der Waals surface area contributed by atoms with E-state index in [1.807, 2.05) is 5.73 Å². The fourth-order valence-electron chi connectivity index (χ4n) is 0.800. The minimum atomic E-state index is -4.42. The summed E-state index contributed by atoms with van der Waals surface area (Å²) < 4.78 is 106. The molecule has 36 heavy (non-hydrogen) atoms. The molecule has 12 heteroatoms. The number of halogens is 12. The molecule has 0 aliphatic carbocycles. The molecule has 0 saturated carbocycles. The first-order valence-electron chi connectivity index (χ1n) is 8.79. The summed E-state index contributed by atoms with van der Waals surface area (Å²) in [5, 5.41) is 0. The summed E-state index contributed by atoms with van der Waals surface area (Å²) in [5.74, 6) is 14.9. The Labute approximate surface area is 202 Å². The Balaban J connectivity index is -0.0000000882. The fraction of sp³-hybridized carbons (Fsp3) is 0.417. The van der Waals surface area contributed by atoms with Gasteiger partial charge in [0.25, 0.3) is 0 Å². The molecule has 0 unspecified atom stereocenters. The summed E-state index contributed by atoms with van der Waals surface area (Å²) in [7, 11) is 0. The minimum absolute atomic E-state index is 0. The van der Waals surface area contributed by atoms with Gasteiger partial charge in [-0.1, -0.05) is 45.3 Å². The lowest BCUT2D eigenvalue weighted by Crippen LogP contribution is -2.00. The highest BCUT2D eigenvalue weighted by atomic mass is 20.0. The van der Waals surface area contributed by atoms with Gasteiger partial charge < -0.3 is 0 Å². The number of rotatable bonds is 0. The van der Waals surface area contributed by atoms with E-state index in [9.17, 15) is 35.1 Å². The minimum Gasteiger partial charge on any atom is -0.269 e. The van der Waals surface area contributed by atoms with Gasteiger partial charge in [0, 0.05) is 38.6 Å². The van der Waals surface area contributed by atoms with Crippen LogP contribution in [-0.2, 0) is 0 Å². The molecule has 0 atom stereocenters. The van der Waals surface area contributed by atoms with Gasteiger partial charge in [0.1, 0.15) is 0 Å². The molecular formula is C24H22F12. The van der Waals surface area contributed by atoms with Crippen molar-refractivity contribution in [3.63, 3.8) is 0 Å². The van der Waals surface area contributed by atoms with Crippen molar-refractivity contribution in [2.45, 2.75) is 53.9 Å². The van der Waals surface area contributed by atoms with Crippen LogP contribution in [0, 0.1) is 59.2 Å². The molecule has 0 saturated heterocycles. The summed E-state index contributed by atoms with van der Waals surface area (Å²) in [4.78, 5) is 0. The summed E-state index contributed by atoms with van der Waals surface area (Å²) in [6.45, 7) is 10.7. The van der Waals surface area contributed by atoms with E-state index in [1.165, 1.54) is 0 Å². The van der Waals surface area contributed by atoms with Crippen molar-refractivity contribution in [2.75, 3.05) is 0 Å². The second kappa shape index (κ2) is 27.5. The molecule has 0 aromatic heterocycles. The molecule has 0 aromatic carbocycles. The first-order valence-corrected chi connectivity index (χ1v) is 8.79. The topological polar surface area (TPSA) is 0 Å². The monoisotopic (exact) mass is 538 g/mol. The highest BCUT2D eigenvalue weighted by molar-refractivity contribution is 5.28. The van der Waals surface area contributed by atoms with Crippen molar-refractivity contribution in [2.24, 2.45) is 11.8 Å². The third-order valence-corrected chi connectivity index (χ3v) is 1.79. The largest absolute Gasteiger partial charge is 0.458 e. The molecule has 0 bridgehead atoms. The Morgan fingerprint density at radius 3 is 1.11 bits per heavy atom. The Morgan fingerprint density at radius 1 is 0.583 bits per heavy atom. The molecule has 0 spiro atoms. The zero-order valence-corrected chi connectivity index (χ0v) is 19.8. The van der Waals surface area contributed by atoms with Crippen molar-refractivity contribution in [1.82, 2.24) is 0 Å². The van der Waals surface area contributed by atoms with Gasteiger partial charge in [-0.05, 0) is 54.6 Å². The van der Waals surface area contributed by atoms with Crippen molar-refractivity contribution < 1.29 is 53.7 Å². The molecule has 0 amide bonds. The van der Waals surface area contributed by atoms with E-state index in [2.05, 4.69) is 35.1 Å². The van der Waals surface area contributed by atoms with Crippen molar-refractivity contribution in [3.8, 4) is 47.4 Å². The summed E-state index contributed by atoms with van der Waals surface area (Å²) in [5.41, 5.74) is 9.21. The highest BCUT2D eigenvalue weighted by Crippen LogP contribution is 2.11. The normalized spacial score (nSPS) is 7.83. The predicted molar refractivity (Wildman–Crippen MR) is 115 cm³/mol. The summed E-state index contributed by atoms with van der Waals surface area (Å²) in [6, 6.07) is 0. The van der Waals surface area contributed by atoms with Crippen LogP contribution in [0.2, 0.25) is 0 Å². The molecule has 0 fully saturated rings. The van der Waals surface area contributed by atoms with Crippen molar-refractivity contribution >= 4 is 0 Å². The molecule has 0 aliphatic heterocycles. The lowest BCUT2D eigenvalue weighted by Gasteiger charge is -1.89. The van der Waals surface area contributed by atoms with E-state index in [0.717, 1.165) is 17.4 Å². The summed E-state index contributed by atoms with van der Waals surface area (Å²) in [6.07, 6.45) is -10.7. The highest BCUT2D eigenvalue weighted by Gasteiger charge is 2.23. The van der Waals surface area contributed by atoms with E-state index in [0.29, 0.717) is 0 Å². The van der Waals surface area contributed by atoms with Gasteiger partial charge in [0.15, 0.2) is 0 Å². The second-order valence-corrected chi connectivity index (χ2v) is 6.10. The molecule has 202 valence electrons. The molecular weight excluding hydrogens is 516 g/mol. The zero-order chi connectivity index (χ0) is 27.8. The third kappa shape index (κ3) is 69.8. The van der Waals surface area contributed by atoms with Crippen LogP contribution in [0.25, 0.3) is 0 Å². The Kier molecular flexibility index (Phi) is 34.9. The molecule has 0 nitrogen and oxygen atoms in total. The first kappa shape index (κ1) is 45.7. The average Bonchev–Trinajstić information content (AvgIpc) is 2.67. The number of alkyl halides is 6. The maximum absolute atomic E-state index is 11.3. The van der Waals surface area contributed by atoms with Crippen LogP contribution in [0.5, 0.6) is 0 Å². The van der Waals surface area contributed by atoms with Crippen LogP contribution in [0.4, 0.5) is 53.7 Å². The van der Waals surface area contributed by atoms with Crippen LogP contribution >= 0.6 is 0 Å². The van der Waals surface area contributed by atoms with Crippen LogP contribution in [-0.4, -0.2) is 12.4 Å². The van der Waals surface area contributed by atoms with Gasteiger partial charge in [-0.15, -0.1) is 0 Å². The predicted octanol–water partition coefficient (Wildman–Crippen LogP) is 8.37. The van der Waals surface area contributed by atoms with Gasteiger partial charge in [-0.3, -0.25) is 9.41 Å². The van der Waals surface area contributed by atoms with E-state index in [-0.39, 0.29) is 21.2 Å². The van der Waals surface area contributed by atoms with Gasteiger partial charge in [0.2, 0.25) is 0 Å². The Morgan fingerprint density at radius 2 is 0.889 bits per heavy atom. The zero-order valence-electron chi connectivity index (χ0n) is 19.8. The average molecular weight is 538 g/mol. The third-order valence-electron chi connectivity index (χ3n) is 1.79. The Bertz CT molecular complexity index is 911. The van der Waals surface area contributed by atoms with Crippen LogP contribution in [0.3, 0.4) is 0 Å². The SMILES string of the molecule is CC(C)=C=C=C=C=C(F)F.CC(C)C#CC#CC(F)(F)F.CC(C)C#CC#CC(F)(F)F.F.F.FF. The molecule has 0 aromatic rings. The van der Waals surface area contributed by atoms with Gasteiger partial charge in [-0.25, -0.2) is 0 Å². The molecule has 0 aliphatic rings. The van der Waals surface area contributed by atoms with Crippen LogP contribution in [0.1, 0.15) is 41.5 Å². The van der Waals surface area contributed by atoms with E-state index in [1.54, 1.807) is 59.1 Å². The Hall–Kier alpha value is -3.74. The van der Waals surface area contributed by atoms with E-state index < -0.39 is 18.4 Å². The molecule has 0 N–H and O–H groups in total. The smallest absolute Gasteiger partial charge is 0.269 e. The number of allylic oxidation sites excluding steroid dienone is 1. The van der Waals surface area contributed by atoms with Crippen LogP contribution in [0.15, 0.2) is 34.6 Å². The van der Waals surface area contributed by atoms with Crippen molar-refractivity contribution in [3.05, 3.63) is 34.6 Å². The van der Waals surface area contributed by atoms with Gasteiger partial charge in [0.05, 0.1) is 0 Å². The van der Waals surface area contributed by atoms with E-state index >= 15 is 0 Å². The van der Waals surface area contributed by atoms with Crippen LogP contribution < -0.4 is 0 Å². The first-order chi connectivity index (χ1) is 15.5. The lowest BCUT2D eigenvalue weighted by atomic mass is 10.2.